The number of nitrogens with one attached hydrogen (secondary N) is 2. The van der Waals surface area contributed by atoms with Crippen LogP contribution in [0.5, 0.6) is 0 Å². The van der Waals surface area contributed by atoms with E-state index in [4.69, 9.17) is 0 Å². The van der Waals surface area contributed by atoms with Crippen LogP contribution in [0, 0.1) is 0 Å². The predicted molar refractivity (Wildman–Crippen MR) is 63.6 cm³/mol. The second-order valence-electron chi connectivity index (χ2n) is 3.35. The molecule has 1 heterocycles. The first-order valence-electron chi connectivity index (χ1n) is 4.72. The molecule has 14 heavy (non-hydrogen) atoms. The molecule has 0 saturated heterocycles. The van der Waals surface area contributed by atoms with Gasteiger partial charge in [-0.25, -0.2) is 0 Å². The Bertz CT molecular complexity index is 434. The molecule has 1 aromatic heterocycles. The van der Waals surface area contributed by atoms with Gasteiger partial charge in [0.05, 0.1) is 5.52 Å². The van der Waals surface area contributed by atoms with Crippen molar-refractivity contribution in [2.75, 3.05) is 13.6 Å². The van der Waals surface area contributed by atoms with Crippen molar-refractivity contribution in [2.45, 2.75) is 6.42 Å². The fraction of sp³-hybridized carbons (Fsp3) is 0.273. The maximum atomic E-state index is 3.53. The highest BCUT2D eigenvalue weighted by Crippen LogP contribution is 2.23. The van der Waals surface area contributed by atoms with E-state index in [-0.39, 0.29) is 0 Å². The molecule has 0 aliphatic rings. The molecular formula is C11H13BrN2. The van der Waals surface area contributed by atoms with E-state index in [9.17, 15) is 0 Å². The van der Waals surface area contributed by atoms with Gasteiger partial charge < -0.3 is 10.3 Å². The van der Waals surface area contributed by atoms with Crippen molar-refractivity contribution in [3.63, 3.8) is 0 Å². The van der Waals surface area contributed by atoms with Gasteiger partial charge in [0.15, 0.2) is 0 Å². The fourth-order valence-corrected chi connectivity index (χ4v) is 2.05. The molecule has 3 heteroatoms. The van der Waals surface area contributed by atoms with Crippen LogP contribution < -0.4 is 5.32 Å². The van der Waals surface area contributed by atoms with Gasteiger partial charge in [-0.2, -0.15) is 0 Å². The van der Waals surface area contributed by atoms with E-state index in [0.29, 0.717) is 0 Å². The van der Waals surface area contributed by atoms with Crippen LogP contribution >= 0.6 is 15.9 Å². The number of fused-ring (bicyclic) bond motifs is 1. The molecule has 0 fully saturated rings. The lowest BCUT2D eigenvalue weighted by atomic mass is 10.2. The third-order valence-electron chi connectivity index (χ3n) is 2.31. The molecule has 74 valence electrons. The highest BCUT2D eigenvalue weighted by atomic mass is 79.9. The maximum Gasteiger partial charge on any atom is 0.0600 e. The number of halogens is 1. The fourth-order valence-electron chi connectivity index (χ4n) is 1.57. The van der Waals surface area contributed by atoms with Crippen LogP contribution in [0.1, 0.15) is 5.69 Å². The first-order chi connectivity index (χ1) is 6.81. The number of hydrogen-bond acceptors (Lipinski definition) is 1. The Kier molecular flexibility index (Phi) is 2.89. The minimum absolute atomic E-state index is 1.00. The summed E-state index contributed by atoms with van der Waals surface area (Å²) in [5, 5.41) is 4.41. The summed E-state index contributed by atoms with van der Waals surface area (Å²) in [6.45, 7) is 1.00. The van der Waals surface area contributed by atoms with Crippen LogP contribution in [0.3, 0.4) is 0 Å². The lowest BCUT2D eigenvalue weighted by Crippen LogP contribution is -2.10. The summed E-state index contributed by atoms with van der Waals surface area (Å²) in [4.78, 5) is 3.41. The van der Waals surface area contributed by atoms with Crippen LogP contribution in [-0.4, -0.2) is 18.6 Å². The smallest absolute Gasteiger partial charge is 0.0600 e. The highest BCUT2D eigenvalue weighted by molar-refractivity contribution is 9.10. The SMILES string of the molecule is CNCCc1cc2cccc(Br)c2[nH]1. The summed E-state index contributed by atoms with van der Waals surface area (Å²) in [7, 11) is 1.97. The summed E-state index contributed by atoms with van der Waals surface area (Å²) in [5.74, 6) is 0. The third kappa shape index (κ3) is 1.83. The van der Waals surface area contributed by atoms with Crippen molar-refractivity contribution in [3.05, 3.63) is 34.4 Å². The van der Waals surface area contributed by atoms with E-state index in [2.05, 4.69) is 50.5 Å². The molecule has 0 aliphatic heterocycles. The molecule has 2 aromatic rings. The maximum absolute atomic E-state index is 3.53. The molecule has 2 N–H and O–H groups in total. The topological polar surface area (TPSA) is 27.8 Å². The van der Waals surface area contributed by atoms with Crippen molar-refractivity contribution < 1.29 is 0 Å². The van der Waals surface area contributed by atoms with Gasteiger partial charge in [-0.1, -0.05) is 12.1 Å². The van der Waals surface area contributed by atoms with Crippen LogP contribution in [-0.2, 0) is 6.42 Å². The first kappa shape index (κ1) is 9.74. The number of aromatic amines is 1. The molecule has 0 amide bonds. The molecule has 0 radical (unpaired) electrons. The van der Waals surface area contributed by atoms with E-state index >= 15 is 0 Å². The zero-order chi connectivity index (χ0) is 9.97. The van der Waals surface area contributed by atoms with Gasteiger partial charge in [0.1, 0.15) is 0 Å². The zero-order valence-electron chi connectivity index (χ0n) is 8.10. The second kappa shape index (κ2) is 4.15. The number of H-pyrrole nitrogens is 1. The molecule has 0 spiro atoms. The molecule has 0 unspecified atom stereocenters. The van der Waals surface area contributed by atoms with Crippen molar-refractivity contribution in [2.24, 2.45) is 0 Å². The Labute approximate surface area is 91.8 Å². The van der Waals surface area contributed by atoms with Crippen LogP contribution in [0.2, 0.25) is 0 Å². The summed E-state index contributed by atoms with van der Waals surface area (Å²) >= 11 is 3.53. The monoisotopic (exact) mass is 252 g/mol. The van der Waals surface area contributed by atoms with Gasteiger partial charge in [-0.3, -0.25) is 0 Å². The van der Waals surface area contributed by atoms with Crippen molar-refractivity contribution in [3.8, 4) is 0 Å². The predicted octanol–water partition coefficient (Wildman–Crippen LogP) is 2.69. The molecular weight excluding hydrogens is 240 g/mol. The summed E-state index contributed by atoms with van der Waals surface area (Å²) in [6, 6.07) is 8.44. The third-order valence-corrected chi connectivity index (χ3v) is 2.97. The van der Waals surface area contributed by atoms with Gasteiger partial charge >= 0.3 is 0 Å². The largest absolute Gasteiger partial charge is 0.357 e. The second-order valence-corrected chi connectivity index (χ2v) is 4.21. The van der Waals surface area contributed by atoms with Crippen molar-refractivity contribution in [1.82, 2.24) is 10.3 Å². The zero-order valence-corrected chi connectivity index (χ0v) is 9.69. The number of hydrogen-bond donors (Lipinski definition) is 2. The Morgan fingerprint density at radius 2 is 2.29 bits per heavy atom. The lowest BCUT2D eigenvalue weighted by Gasteiger charge is -1.95. The average Bonchev–Trinajstić information content (AvgIpc) is 2.59. The highest BCUT2D eigenvalue weighted by Gasteiger charge is 2.02. The first-order valence-corrected chi connectivity index (χ1v) is 5.51. The summed E-state index contributed by atoms with van der Waals surface area (Å²) < 4.78 is 1.13. The van der Waals surface area contributed by atoms with Gasteiger partial charge in [0.25, 0.3) is 0 Å². The van der Waals surface area contributed by atoms with Gasteiger partial charge in [-0.15, -0.1) is 0 Å². The molecule has 0 saturated carbocycles. The minimum atomic E-state index is 1.00. The van der Waals surface area contributed by atoms with Gasteiger partial charge in [0, 0.05) is 22.1 Å². The normalized spacial score (nSPS) is 11.0. The van der Waals surface area contributed by atoms with E-state index < -0.39 is 0 Å². The van der Waals surface area contributed by atoms with Crippen molar-refractivity contribution >= 4 is 26.8 Å². The Morgan fingerprint density at radius 3 is 3.00 bits per heavy atom. The van der Waals surface area contributed by atoms with Gasteiger partial charge in [-0.05, 0) is 41.5 Å². The molecule has 0 aliphatic carbocycles. The van der Waals surface area contributed by atoms with E-state index in [1.54, 1.807) is 0 Å². The van der Waals surface area contributed by atoms with E-state index in [1.807, 2.05) is 7.05 Å². The molecule has 2 nitrogen and oxygen atoms in total. The van der Waals surface area contributed by atoms with Crippen molar-refractivity contribution in [1.29, 1.82) is 0 Å². The molecule has 2 rings (SSSR count). The van der Waals surface area contributed by atoms with Crippen LogP contribution in [0.15, 0.2) is 28.7 Å². The average molecular weight is 253 g/mol. The lowest BCUT2D eigenvalue weighted by molar-refractivity contribution is 0.781. The Morgan fingerprint density at radius 1 is 1.43 bits per heavy atom. The molecule has 0 bridgehead atoms. The number of likely N-dealkylation sites (N-methyl/N-ethyl adjacent to an activating group) is 1. The minimum Gasteiger partial charge on any atom is -0.357 e. The number of benzene rings is 1. The van der Waals surface area contributed by atoms with E-state index in [0.717, 1.165) is 17.4 Å². The van der Waals surface area contributed by atoms with E-state index in [1.165, 1.54) is 16.6 Å². The quantitative estimate of drug-likeness (QED) is 0.864. The Hall–Kier alpha value is -0.800. The molecule has 0 atom stereocenters. The number of rotatable bonds is 3. The summed E-state index contributed by atoms with van der Waals surface area (Å²) in [5.41, 5.74) is 2.47. The summed E-state index contributed by atoms with van der Waals surface area (Å²) in [6.07, 6.45) is 1.04. The Balaban J connectivity index is 2.36. The van der Waals surface area contributed by atoms with Crippen LogP contribution in [0.25, 0.3) is 10.9 Å². The number of para-hydroxylation sites is 1. The molecule has 1 aromatic carbocycles. The van der Waals surface area contributed by atoms with Crippen LogP contribution in [0.4, 0.5) is 0 Å². The standard InChI is InChI=1S/C11H13BrN2/c1-13-6-5-9-7-8-3-2-4-10(12)11(8)14-9/h2-4,7,13-14H,5-6H2,1H3. The van der Waals surface area contributed by atoms with Gasteiger partial charge in [0.2, 0.25) is 0 Å². The number of aromatic nitrogens is 1.